The van der Waals surface area contributed by atoms with E-state index in [4.69, 9.17) is 0 Å². The molecular formula is C11H12O3S. The first-order valence-corrected chi connectivity index (χ1v) is 6.70. The lowest BCUT2D eigenvalue weighted by Crippen LogP contribution is -2.07. The SMILES string of the molecule is CS(=O)(=O)[C@@H]1[C@H](C=O)[C@H]1c1ccccc1. The third kappa shape index (κ3) is 1.81. The van der Waals surface area contributed by atoms with Gasteiger partial charge in [0.05, 0.1) is 5.25 Å². The summed E-state index contributed by atoms with van der Waals surface area (Å²) in [5.74, 6) is -0.499. The topological polar surface area (TPSA) is 51.2 Å². The molecule has 1 aliphatic rings. The van der Waals surface area contributed by atoms with Crippen LogP contribution in [0.1, 0.15) is 11.5 Å². The lowest BCUT2D eigenvalue weighted by Gasteiger charge is -1.97. The van der Waals surface area contributed by atoms with Gasteiger partial charge in [-0.15, -0.1) is 0 Å². The first-order chi connectivity index (χ1) is 7.05. The van der Waals surface area contributed by atoms with Crippen LogP contribution < -0.4 is 0 Å². The average Bonchev–Trinajstić information content (AvgIpc) is 2.92. The largest absolute Gasteiger partial charge is 0.303 e. The van der Waals surface area contributed by atoms with E-state index in [9.17, 15) is 13.2 Å². The maximum absolute atomic E-state index is 11.4. The smallest absolute Gasteiger partial charge is 0.151 e. The van der Waals surface area contributed by atoms with E-state index in [1.54, 1.807) is 0 Å². The number of rotatable bonds is 3. The van der Waals surface area contributed by atoms with E-state index >= 15 is 0 Å². The van der Waals surface area contributed by atoms with Crippen molar-refractivity contribution >= 4 is 16.1 Å². The maximum atomic E-state index is 11.4. The Bertz CT molecular complexity index is 464. The second kappa shape index (κ2) is 3.45. The average molecular weight is 224 g/mol. The molecule has 0 saturated heterocycles. The monoisotopic (exact) mass is 224 g/mol. The molecule has 15 heavy (non-hydrogen) atoms. The van der Waals surface area contributed by atoms with Crippen molar-refractivity contribution in [3.63, 3.8) is 0 Å². The predicted octanol–water partition coefficient (Wildman–Crippen LogP) is 1.01. The summed E-state index contributed by atoms with van der Waals surface area (Å²) in [6.45, 7) is 0. The normalized spacial score (nSPS) is 29.8. The van der Waals surface area contributed by atoms with E-state index in [0.717, 1.165) is 11.8 Å². The number of hydrogen-bond acceptors (Lipinski definition) is 3. The molecule has 3 nitrogen and oxygen atoms in total. The molecule has 0 unspecified atom stereocenters. The Kier molecular flexibility index (Phi) is 2.38. The first kappa shape index (κ1) is 10.4. The van der Waals surface area contributed by atoms with Crippen LogP contribution in [0.4, 0.5) is 0 Å². The number of benzene rings is 1. The summed E-state index contributed by atoms with van der Waals surface area (Å²) in [6, 6.07) is 9.32. The van der Waals surface area contributed by atoms with Gasteiger partial charge >= 0.3 is 0 Å². The van der Waals surface area contributed by atoms with Gasteiger partial charge in [0.25, 0.3) is 0 Å². The summed E-state index contributed by atoms with van der Waals surface area (Å²) in [7, 11) is -3.12. The Morgan fingerprint density at radius 2 is 1.80 bits per heavy atom. The van der Waals surface area contributed by atoms with E-state index in [1.807, 2.05) is 30.3 Å². The Morgan fingerprint density at radius 3 is 2.20 bits per heavy atom. The molecule has 1 saturated carbocycles. The predicted molar refractivity (Wildman–Crippen MR) is 57.4 cm³/mol. The molecule has 0 amide bonds. The zero-order valence-corrected chi connectivity index (χ0v) is 9.15. The zero-order valence-electron chi connectivity index (χ0n) is 8.33. The van der Waals surface area contributed by atoms with Gasteiger partial charge < -0.3 is 4.79 Å². The Balaban J connectivity index is 2.31. The molecule has 1 aliphatic carbocycles. The van der Waals surface area contributed by atoms with Gasteiger partial charge in [-0.2, -0.15) is 0 Å². The van der Waals surface area contributed by atoms with Crippen molar-refractivity contribution in [2.75, 3.05) is 6.26 Å². The van der Waals surface area contributed by atoms with Crippen LogP contribution in [0.3, 0.4) is 0 Å². The van der Waals surface area contributed by atoms with Crippen molar-refractivity contribution in [2.24, 2.45) is 5.92 Å². The molecular weight excluding hydrogens is 212 g/mol. The summed E-state index contributed by atoms with van der Waals surface area (Å²) in [5, 5.41) is -0.516. The number of sulfone groups is 1. The van der Waals surface area contributed by atoms with E-state index in [1.165, 1.54) is 6.26 Å². The van der Waals surface area contributed by atoms with Crippen molar-refractivity contribution < 1.29 is 13.2 Å². The standard InChI is InChI=1S/C11H12O3S/c1-15(13,14)11-9(7-12)10(11)8-5-3-2-4-6-8/h2-7,9-11H,1H3/t9-,10-,11-/m1/s1. The minimum atomic E-state index is -3.12. The van der Waals surface area contributed by atoms with Gasteiger partial charge in [-0.3, -0.25) is 0 Å². The Hall–Kier alpha value is -1.16. The second-order valence-corrected chi connectivity index (χ2v) is 6.15. The molecule has 1 fully saturated rings. The third-order valence-electron chi connectivity index (χ3n) is 2.84. The molecule has 4 heteroatoms. The molecule has 3 atom stereocenters. The van der Waals surface area contributed by atoms with Crippen molar-refractivity contribution in [2.45, 2.75) is 11.2 Å². The summed E-state index contributed by atoms with van der Waals surface area (Å²) in [6.07, 6.45) is 1.94. The first-order valence-electron chi connectivity index (χ1n) is 4.75. The molecule has 80 valence electrons. The van der Waals surface area contributed by atoms with E-state index < -0.39 is 15.1 Å². The summed E-state index contributed by atoms with van der Waals surface area (Å²) in [4.78, 5) is 10.7. The van der Waals surface area contributed by atoms with Crippen molar-refractivity contribution in [1.29, 1.82) is 0 Å². The van der Waals surface area contributed by atoms with Crippen LogP contribution in [0, 0.1) is 5.92 Å². The molecule has 0 radical (unpaired) electrons. The van der Waals surface area contributed by atoms with Gasteiger partial charge in [0.2, 0.25) is 0 Å². The fourth-order valence-corrected chi connectivity index (χ4v) is 3.69. The zero-order chi connectivity index (χ0) is 11.1. The molecule has 0 bridgehead atoms. The van der Waals surface area contributed by atoms with Crippen LogP contribution in [0.25, 0.3) is 0 Å². The van der Waals surface area contributed by atoms with E-state index in [2.05, 4.69) is 0 Å². The molecule has 0 aromatic heterocycles. The number of carbonyl (C=O) groups is 1. The van der Waals surface area contributed by atoms with Gasteiger partial charge in [-0.25, -0.2) is 8.42 Å². The lowest BCUT2D eigenvalue weighted by atomic mass is 10.1. The molecule has 0 heterocycles. The van der Waals surface area contributed by atoms with Crippen LogP contribution in [0.2, 0.25) is 0 Å². The molecule has 1 aromatic carbocycles. The van der Waals surface area contributed by atoms with Crippen LogP contribution in [0.5, 0.6) is 0 Å². The van der Waals surface area contributed by atoms with E-state index in [0.29, 0.717) is 0 Å². The highest BCUT2D eigenvalue weighted by molar-refractivity contribution is 7.91. The molecule has 0 aliphatic heterocycles. The highest BCUT2D eigenvalue weighted by Gasteiger charge is 2.56. The van der Waals surface area contributed by atoms with Crippen LogP contribution in [-0.2, 0) is 14.6 Å². The summed E-state index contributed by atoms with van der Waals surface area (Å²) in [5.41, 5.74) is 0.935. The van der Waals surface area contributed by atoms with Gasteiger partial charge in [0.15, 0.2) is 9.84 Å². The van der Waals surface area contributed by atoms with E-state index in [-0.39, 0.29) is 11.8 Å². The minimum absolute atomic E-state index is 0.140. The van der Waals surface area contributed by atoms with Gasteiger partial charge in [-0.05, 0) is 5.56 Å². The van der Waals surface area contributed by atoms with Crippen LogP contribution in [0.15, 0.2) is 30.3 Å². The molecule has 0 spiro atoms. The highest BCUT2D eigenvalue weighted by atomic mass is 32.2. The Morgan fingerprint density at radius 1 is 1.20 bits per heavy atom. The van der Waals surface area contributed by atoms with Gasteiger partial charge in [0.1, 0.15) is 6.29 Å². The van der Waals surface area contributed by atoms with Crippen LogP contribution in [-0.4, -0.2) is 26.2 Å². The summed E-state index contributed by atoms with van der Waals surface area (Å²) >= 11 is 0. The number of carbonyl (C=O) groups excluding carboxylic acids is 1. The maximum Gasteiger partial charge on any atom is 0.151 e. The fourth-order valence-electron chi connectivity index (χ4n) is 2.11. The van der Waals surface area contributed by atoms with Crippen LogP contribution >= 0.6 is 0 Å². The summed E-state index contributed by atoms with van der Waals surface area (Å²) < 4.78 is 22.8. The van der Waals surface area contributed by atoms with Crippen molar-refractivity contribution in [3.8, 4) is 0 Å². The van der Waals surface area contributed by atoms with Gasteiger partial charge in [-0.1, -0.05) is 30.3 Å². The molecule has 2 rings (SSSR count). The molecule has 1 aromatic rings. The highest BCUT2D eigenvalue weighted by Crippen LogP contribution is 2.50. The minimum Gasteiger partial charge on any atom is -0.303 e. The quantitative estimate of drug-likeness (QED) is 0.720. The number of hydrogen-bond donors (Lipinski definition) is 0. The third-order valence-corrected chi connectivity index (χ3v) is 4.44. The lowest BCUT2D eigenvalue weighted by molar-refractivity contribution is -0.108. The molecule has 0 N–H and O–H groups in total. The number of aldehydes is 1. The van der Waals surface area contributed by atoms with Crippen molar-refractivity contribution in [3.05, 3.63) is 35.9 Å². The van der Waals surface area contributed by atoms with Gasteiger partial charge in [0, 0.05) is 18.1 Å². The van der Waals surface area contributed by atoms with Crippen molar-refractivity contribution in [1.82, 2.24) is 0 Å². The second-order valence-electron chi connectivity index (χ2n) is 3.94. The fraction of sp³-hybridized carbons (Fsp3) is 0.364. The Labute approximate surface area is 89.0 Å².